The molecule has 0 aliphatic heterocycles. The summed E-state index contributed by atoms with van der Waals surface area (Å²) in [4.78, 5) is 12.2. The van der Waals surface area contributed by atoms with Crippen LogP contribution in [0.4, 0.5) is 0 Å². The highest BCUT2D eigenvalue weighted by Crippen LogP contribution is 2.26. The molecule has 0 spiro atoms. The number of hydrogen-bond acceptors (Lipinski definition) is 6. The van der Waals surface area contributed by atoms with Crippen molar-refractivity contribution in [1.82, 2.24) is 25.5 Å². The third-order valence-corrected chi connectivity index (χ3v) is 5.15. The number of nitrogens with zero attached hydrogens (tertiary/aromatic N) is 4. The molecule has 8 heteroatoms. The number of ether oxygens (including phenoxy) is 1. The van der Waals surface area contributed by atoms with E-state index in [0.29, 0.717) is 10.9 Å². The van der Waals surface area contributed by atoms with Crippen LogP contribution in [0.15, 0.2) is 23.4 Å². The number of benzene rings is 1. The molecule has 2 rings (SSSR count). The number of thioether (sulfide) groups is 1. The topological polar surface area (TPSA) is 81.9 Å². The Balaban J connectivity index is 1.92. The number of unbranched alkanes of at least 4 members (excludes halogenated alkanes) is 3. The van der Waals surface area contributed by atoms with Gasteiger partial charge in [-0.2, -0.15) is 4.68 Å². The zero-order valence-electron chi connectivity index (χ0n) is 16.6. The number of aromatic nitrogens is 4. The van der Waals surface area contributed by atoms with E-state index in [1.54, 1.807) is 11.8 Å². The summed E-state index contributed by atoms with van der Waals surface area (Å²) in [5, 5.41) is 15.5. The van der Waals surface area contributed by atoms with Gasteiger partial charge in [-0.3, -0.25) is 4.79 Å². The Labute approximate surface area is 165 Å². The summed E-state index contributed by atoms with van der Waals surface area (Å²) in [5.74, 6) is 0.946. The molecule has 1 heterocycles. The van der Waals surface area contributed by atoms with Gasteiger partial charge < -0.3 is 10.1 Å². The van der Waals surface area contributed by atoms with Crippen LogP contribution in [0.1, 0.15) is 51.5 Å². The highest BCUT2D eigenvalue weighted by molar-refractivity contribution is 7.99. The van der Waals surface area contributed by atoms with Crippen LogP contribution in [0.25, 0.3) is 5.69 Å². The molecule has 0 radical (unpaired) electrons. The Morgan fingerprint density at radius 3 is 2.89 bits per heavy atom. The molecule has 0 bridgehead atoms. The molecule has 27 heavy (non-hydrogen) atoms. The predicted octanol–water partition coefficient (Wildman–Crippen LogP) is 3.55. The predicted molar refractivity (Wildman–Crippen MR) is 108 cm³/mol. The third-order valence-electron chi connectivity index (χ3n) is 4.23. The Morgan fingerprint density at radius 2 is 2.15 bits per heavy atom. The molecular weight excluding hydrogens is 362 g/mol. The fourth-order valence-corrected chi connectivity index (χ4v) is 3.48. The van der Waals surface area contributed by atoms with Gasteiger partial charge in [0.1, 0.15) is 11.4 Å². The molecular formula is C19H29N5O2S. The van der Waals surface area contributed by atoms with Crippen LogP contribution in [0.3, 0.4) is 0 Å². The van der Waals surface area contributed by atoms with E-state index in [9.17, 15) is 4.79 Å². The molecule has 1 aromatic heterocycles. The second-order valence-corrected chi connectivity index (χ2v) is 7.60. The molecule has 2 aromatic rings. The quantitative estimate of drug-likeness (QED) is 0.466. The number of rotatable bonds is 11. The van der Waals surface area contributed by atoms with E-state index in [1.165, 1.54) is 31.0 Å². The normalized spacial score (nSPS) is 12.0. The van der Waals surface area contributed by atoms with Gasteiger partial charge in [-0.15, -0.1) is 5.10 Å². The standard InChI is InChI=1S/C19H29N5O2S/c1-5-6-7-8-9-15(3)20-18(25)13-27-19-21-22-23-24(19)16-12-14(2)10-11-17(16)26-4/h10-12,15H,5-9,13H2,1-4H3,(H,20,25)/t15-/m0/s1. The largest absolute Gasteiger partial charge is 0.494 e. The van der Waals surface area contributed by atoms with Crippen molar-refractivity contribution in [2.24, 2.45) is 0 Å². The zero-order valence-corrected chi connectivity index (χ0v) is 17.4. The summed E-state index contributed by atoms with van der Waals surface area (Å²) in [6.07, 6.45) is 5.85. The van der Waals surface area contributed by atoms with Crippen molar-refractivity contribution in [2.75, 3.05) is 12.9 Å². The highest BCUT2D eigenvalue weighted by Gasteiger charge is 2.16. The second kappa shape index (κ2) is 10.9. The molecule has 0 aliphatic carbocycles. The maximum atomic E-state index is 12.2. The summed E-state index contributed by atoms with van der Waals surface area (Å²) >= 11 is 1.31. The van der Waals surface area contributed by atoms with Crippen LogP contribution >= 0.6 is 11.8 Å². The van der Waals surface area contributed by atoms with E-state index in [-0.39, 0.29) is 17.7 Å². The van der Waals surface area contributed by atoms with Crippen molar-refractivity contribution in [1.29, 1.82) is 0 Å². The molecule has 0 saturated heterocycles. The average molecular weight is 392 g/mol. The minimum Gasteiger partial charge on any atom is -0.494 e. The Hall–Kier alpha value is -2.09. The summed E-state index contributed by atoms with van der Waals surface area (Å²) in [6.45, 7) is 6.24. The Kier molecular flexibility index (Phi) is 8.57. The van der Waals surface area contributed by atoms with Crippen LogP contribution in [0, 0.1) is 6.92 Å². The summed E-state index contributed by atoms with van der Waals surface area (Å²) < 4.78 is 7.02. The van der Waals surface area contributed by atoms with Crippen molar-refractivity contribution >= 4 is 17.7 Å². The lowest BCUT2D eigenvalue weighted by atomic mass is 10.1. The number of carbonyl (C=O) groups excluding carboxylic acids is 1. The maximum Gasteiger partial charge on any atom is 0.230 e. The minimum atomic E-state index is -0.00579. The van der Waals surface area contributed by atoms with Gasteiger partial charge in [-0.05, 0) is 48.4 Å². The lowest BCUT2D eigenvalue weighted by Crippen LogP contribution is -2.33. The van der Waals surface area contributed by atoms with E-state index in [0.717, 1.165) is 24.1 Å². The smallest absolute Gasteiger partial charge is 0.230 e. The highest BCUT2D eigenvalue weighted by atomic mass is 32.2. The van der Waals surface area contributed by atoms with Gasteiger partial charge in [0.15, 0.2) is 0 Å². The van der Waals surface area contributed by atoms with Gasteiger partial charge in [0.25, 0.3) is 0 Å². The molecule has 0 fully saturated rings. The molecule has 148 valence electrons. The van der Waals surface area contributed by atoms with E-state index >= 15 is 0 Å². The SMILES string of the molecule is CCCCCC[C@H](C)NC(=O)CSc1nnnn1-c1cc(C)ccc1OC. The monoisotopic (exact) mass is 391 g/mol. The van der Waals surface area contributed by atoms with E-state index < -0.39 is 0 Å². The van der Waals surface area contributed by atoms with Crippen LogP contribution in [-0.4, -0.2) is 45.0 Å². The van der Waals surface area contributed by atoms with Gasteiger partial charge in [-0.25, -0.2) is 0 Å². The van der Waals surface area contributed by atoms with Crippen LogP contribution in [-0.2, 0) is 4.79 Å². The lowest BCUT2D eigenvalue weighted by Gasteiger charge is -2.13. The molecule has 0 aliphatic rings. The molecule has 1 amide bonds. The number of hydrogen-bond donors (Lipinski definition) is 1. The number of tetrazole rings is 1. The van der Waals surface area contributed by atoms with E-state index in [2.05, 4.69) is 34.7 Å². The lowest BCUT2D eigenvalue weighted by molar-refractivity contribution is -0.119. The number of amides is 1. The first-order valence-corrected chi connectivity index (χ1v) is 10.4. The summed E-state index contributed by atoms with van der Waals surface area (Å²) in [5.41, 5.74) is 1.83. The summed E-state index contributed by atoms with van der Waals surface area (Å²) in [6, 6.07) is 5.99. The maximum absolute atomic E-state index is 12.2. The minimum absolute atomic E-state index is 0.00579. The number of nitrogens with one attached hydrogen (secondary N) is 1. The second-order valence-electron chi connectivity index (χ2n) is 6.66. The van der Waals surface area contributed by atoms with E-state index in [4.69, 9.17) is 4.74 Å². The Morgan fingerprint density at radius 1 is 1.33 bits per heavy atom. The molecule has 0 unspecified atom stereocenters. The molecule has 1 N–H and O–H groups in total. The van der Waals surface area contributed by atoms with Gasteiger partial charge >= 0.3 is 0 Å². The average Bonchev–Trinajstić information content (AvgIpc) is 3.12. The van der Waals surface area contributed by atoms with Gasteiger partial charge in [-0.1, -0.05) is 50.4 Å². The summed E-state index contributed by atoms with van der Waals surface area (Å²) in [7, 11) is 1.61. The Bertz CT molecular complexity index is 735. The van der Waals surface area contributed by atoms with Crippen LogP contribution in [0.5, 0.6) is 5.75 Å². The fraction of sp³-hybridized carbons (Fsp3) is 0.579. The van der Waals surface area contributed by atoms with Crippen LogP contribution in [0.2, 0.25) is 0 Å². The van der Waals surface area contributed by atoms with Crippen molar-refractivity contribution < 1.29 is 9.53 Å². The van der Waals surface area contributed by atoms with Crippen molar-refractivity contribution in [3.63, 3.8) is 0 Å². The first-order chi connectivity index (χ1) is 13.0. The third kappa shape index (κ3) is 6.53. The van der Waals surface area contributed by atoms with Crippen molar-refractivity contribution in [2.45, 2.75) is 64.1 Å². The number of carbonyl (C=O) groups is 1. The number of aryl methyl sites for hydroxylation is 1. The van der Waals surface area contributed by atoms with Gasteiger partial charge in [0, 0.05) is 6.04 Å². The molecule has 1 aromatic carbocycles. The molecule has 7 nitrogen and oxygen atoms in total. The first kappa shape index (κ1) is 21.2. The molecule has 0 saturated carbocycles. The molecule has 1 atom stereocenters. The van der Waals surface area contributed by atoms with Gasteiger partial charge in [0.2, 0.25) is 11.1 Å². The van der Waals surface area contributed by atoms with Crippen molar-refractivity contribution in [3.05, 3.63) is 23.8 Å². The first-order valence-electron chi connectivity index (χ1n) is 9.40. The van der Waals surface area contributed by atoms with E-state index in [1.807, 2.05) is 25.1 Å². The fourth-order valence-electron chi connectivity index (χ4n) is 2.78. The zero-order chi connectivity index (χ0) is 19.6. The van der Waals surface area contributed by atoms with Crippen LogP contribution < -0.4 is 10.1 Å². The van der Waals surface area contributed by atoms with Gasteiger partial charge in [0.05, 0.1) is 12.9 Å². The number of methoxy groups -OCH3 is 1. The van der Waals surface area contributed by atoms with Crippen molar-refractivity contribution in [3.8, 4) is 11.4 Å².